The molecule has 5 nitrogen and oxygen atoms in total. The smallest absolute Gasteiger partial charge is 0.298 e. The molecule has 2 aromatic carbocycles. The summed E-state index contributed by atoms with van der Waals surface area (Å²) in [6, 6.07) is 13.9. The van der Waals surface area contributed by atoms with Crippen LogP contribution in [0.2, 0.25) is 0 Å². The largest absolute Gasteiger partial charge is 0.497 e. The Morgan fingerprint density at radius 1 is 0.842 bits per heavy atom. The van der Waals surface area contributed by atoms with Crippen LogP contribution in [0.3, 0.4) is 0 Å². The maximum atomic E-state index is 9.81. The summed E-state index contributed by atoms with van der Waals surface area (Å²) < 4.78 is 9.44. The third kappa shape index (κ3) is 5.45. The number of rotatable bonds is 3. The van der Waals surface area contributed by atoms with Crippen molar-refractivity contribution >= 4 is 17.8 Å². The average molecular weight is 260 g/mol. The summed E-state index contributed by atoms with van der Waals surface area (Å²) in [7, 11) is 1.63. The number of nitrogens with two attached hydrogens (primary N) is 2. The highest BCUT2D eigenvalue weighted by Gasteiger charge is 1.89. The van der Waals surface area contributed by atoms with E-state index in [0.29, 0.717) is 17.9 Å². The van der Waals surface area contributed by atoms with E-state index in [2.05, 4.69) is 4.74 Å². The van der Waals surface area contributed by atoms with Crippen molar-refractivity contribution in [2.75, 3.05) is 18.6 Å². The van der Waals surface area contributed by atoms with Gasteiger partial charge in [0, 0.05) is 11.4 Å². The number of carbonyl (C=O) groups is 1. The first-order valence-electron chi connectivity index (χ1n) is 5.51. The molecule has 0 fully saturated rings. The molecule has 0 aliphatic carbocycles. The summed E-state index contributed by atoms with van der Waals surface area (Å²) in [4.78, 5) is 9.81. The van der Waals surface area contributed by atoms with Crippen molar-refractivity contribution in [3.63, 3.8) is 0 Å². The predicted octanol–water partition coefficient (Wildman–Crippen LogP) is 2.08. The molecule has 0 unspecified atom stereocenters. The predicted molar refractivity (Wildman–Crippen MR) is 75.0 cm³/mol. The van der Waals surface area contributed by atoms with E-state index in [1.807, 2.05) is 12.1 Å². The lowest BCUT2D eigenvalue weighted by atomic mass is 10.3. The topological polar surface area (TPSA) is 87.6 Å². The number of ether oxygens (including phenoxy) is 2. The van der Waals surface area contributed by atoms with Gasteiger partial charge in [-0.2, -0.15) is 0 Å². The Morgan fingerprint density at radius 2 is 1.26 bits per heavy atom. The quantitative estimate of drug-likeness (QED) is 0.651. The molecule has 0 bridgehead atoms. The molecule has 0 aliphatic heterocycles. The second-order valence-corrected chi connectivity index (χ2v) is 3.56. The van der Waals surface area contributed by atoms with Crippen molar-refractivity contribution in [3.05, 3.63) is 48.5 Å². The van der Waals surface area contributed by atoms with Crippen molar-refractivity contribution in [1.82, 2.24) is 0 Å². The lowest BCUT2D eigenvalue weighted by Crippen LogP contribution is -1.88. The van der Waals surface area contributed by atoms with Crippen molar-refractivity contribution in [3.8, 4) is 11.5 Å². The van der Waals surface area contributed by atoms with Crippen LogP contribution in [0.5, 0.6) is 11.5 Å². The van der Waals surface area contributed by atoms with E-state index < -0.39 is 0 Å². The van der Waals surface area contributed by atoms with E-state index in [0.717, 1.165) is 11.4 Å². The lowest BCUT2D eigenvalue weighted by molar-refractivity contribution is -0.120. The molecule has 0 saturated carbocycles. The Hall–Kier alpha value is -2.69. The van der Waals surface area contributed by atoms with E-state index in [1.165, 1.54) is 0 Å². The summed E-state index contributed by atoms with van der Waals surface area (Å²) in [6.45, 7) is 0.380. The van der Waals surface area contributed by atoms with Gasteiger partial charge in [-0.25, -0.2) is 0 Å². The number of benzene rings is 2. The molecule has 100 valence electrons. The van der Waals surface area contributed by atoms with Crippen LogP contribution in [-0.4, -0.2) is 13.6 Å². The van der Waals surface area contributed by atoms with Gasteiger partial charge in [-0.3, -0.25) is 4.79 Å². The molecule has 0 amide bonds. The maximum absolute atomic E-state index is 9.81. The van der Waals surface area contributed by atoms with Crippen LogP contribution in [0.15, 0.2) is 48.5 Å². The van der Waals surface area contributed by atoms with Crippen molar-refractivity contribution in [1.29, 1.82) is 0 Å². The normalized spacial score (nSPS) is 8.89. The van der Waals surface area contributed by atoms with E-state index in [4.69, 9.17) is 16.2 Å². The van der Waals surface area contributed by atoms with Crippen molar-refractivity contribution in [2.24, 2.45) is 0 Å². The van der Waals surface area contributed by atoms with Crippen LogP contribution in [0, 0.1) is 0 Å². The number of nitrogen functional groups attached to an aromatic ring is 2. The first kappa shape index (κ1) is 14.4. The minimum absolute atomic E-state index is 0.380. The minimum Gasteiger partial charge on any atom is -0.497 e. The van der Waals surface area contributed by atoms with Crippen LogP contribution in [-0.2, 0) is 4.79 Å². The molecule has 0 aromatic heterocycles. The first-order chi connectivity index (χ1) is 9.15. The summed E-state index contributed by atoms with van der Waals surface area (Å²) >= 11 is 0. The fraction of sp³-hybridized carbons (Fsp3) is 0.0714. The molecular formula is C14H16N2O3. The fourth-order valence-electron chi connectivity index (χ4n) is 1.21. The monoisotopic (exact) mass is 260 g/mol. The van der Waals surface area contributed by atoms with Gasteiger partial charge in [0.15, 0.2) is 0 Å². The molecule has 0 aliphatic rings. The Bertz CT molecular complexity index is 495. The van der Waals surface area contributed by atoms with Crippen LogP contribution >= 0.6 is 0 Å². The highest BCUT2D eigenvalue weighted by molar-refractivity contribution is 5.48. The molecule has 19 heavy (non-hydrogen) atoms. The van der Waals surface area contributed by atoms with E-state index in [-0.39, 0.29) is 0 Å². The Balaban J connectivity index is 0.000000191. The van der Waals surface area contributed by atoms with Gasteiger partial charge >= 0.3 is 0 Å². The summed E-state index contributed by atoms with van der Waals surface area (Å²) in [6.07, 6.45) is 0. The van der Waals surface area contributed by atoms with E-state index >= 15 is 0 Å². The minimum atomic E-state index is 0.380. The van der Waals surface area contributed by atoms with Gasteiger partial charge in [-0.05, 0) is 48.5 Å². The van der Waals surface area contributed by atoms with Gasteiger partial charge in [-0.15, -0.1) is 0 Å². The zero-order chi connectivity index (χ0) is 14.1. The molecule has 0 heterocycles. The lowest BCUT2D eigenvalue weighted by Gasteiger charge is -1.97. The Labute approximate surface area is 111 Å². The second-order valence-electron chi connectivity index (χ2n) is 3.56. The van der Waals surface area contributed by atoms with Gasteiger partial charge < -0.3 is 20.9 Å². The van der Waals surface area contributed by atoms with Gasteiger partial charge in [0.2, 0.25) is 0 Å². The zero-order valence-electron chi connectivity index (χ0n) is 10.6. The van der Waals surface area contributed by atoms with Crippen LogP contribution in [0.4, 0.5) is 11.4 Å². The highest BCUT2D eigenvalue weighted by Crippen LogP contribution is 2.12. The third-order valence-corrected chi connectivity index (χ3v) is 2.18. The fourth-order valence-corrected chi connectivity index (χ4v) is 1.21. The highest BCUT2D eigenvalue weighted by atomic mass is 16.5. The molecule has 0 atom stereocenters. The third-order valence-electron chi connectivity index (χ3n) is 2.18. The number of methoxy groups -OCH3 is 1. The average Bonchev–Trinajstić information content (AvgIpc) is 2.43. The molecule has 0 saturated heterocycles. The van der Waals surface area contributed by atoms with Crippen LogP contribution in [0.1, 0.15) is 0 Å². The van der Waals surface area contributed by atoms with E-state index in [1.54, 1.807) is 43.5 Å². The number of anilines is 2. The maximum Gasteiger partial charge on any atom is 0.298 e. The second kappa shape index (κ2) is 7.60. The van der Waals surface area contributed by atoms with Gasteiger partial charge in [0.05, 0.1) is 7.11 Å². The SMILES string of the molecule is COc1ccc(N)cc1.Nc1ccc(OC=O)cc1. The van der Waals surface area contributed by atoms with Crippen LogP contribution < -0.4 is 20.9 Å². The number of hydrogen-bond donors (Lipinski definition) is 2. The molecule has 2 rings (SSSR count). The van der Waals surface area contributed by atoms with Gasteiger partial charge in [-0.1, -0.05) is 0 Å². The molecular weight excluding hydrogens is 244 g/mol. The summed E-state index contributed by atoms with van der Waals surface area (Å²) in [5, 5.41) is 0. The number of hydrogen-bond acceptors (Lipinski definition) is 5. The van der Waals surface area contributed by atoms with Gasteiger partial charge in [0.1, 0.15) is 11.5 Å². The molecule has 0 spiro atoms. The van der Waals surface area contributed by atoms with E-state index in [9.17, 15) is 4.79 Å². The molecule has 0 radical (unpaired) electrons. The standard InChI is InChI=1S/C7H7NO2.C7H9NO/c8-6-1-3-7(4-2-6)10-5-9;1-9-7-4-2-6(8)3-5-7/h1-5H,8H2;2-5H,8H2,1H3. The Morgan fingerprint density at radius 3 is 1.63 bits per heavy atom. The van der Waals surface area contributed by atoms with Crippen LogP contribution in [0.25, 0.3) is 0 Å². The molecule has 2 aromatic rings. The Kier molecular flexibility index (Phi) is 5.75. The first-order valence-corrected chi connectivity index (χ1v) is 5.51. The molecule has 5 heteroatoms. The number of carbonyl (C=O) groups excluding carboxylic acids is 1. The zero-order valence-corrected chi connectivity index (χ0v) is 10.6. The molecule has 4 N–H and O–H groups in total. The van der Waals surface area contributed by atoms with Crippen molar-refractivity contribution < 1.29 is 14.3 Å². The summed E-state index contributed by atoms with van der Waals surface area (Å²) in [5.74, 6) is 1.34. The van der Waals surface area contributed by atoms with Crippen molar-refractivity contribution in [2.45, 2.75) is 0 Å². The summed E-state index contributed by atoms with van der Waals surface area (Å²) in [5.41, 5.74) is 12.2. The van der Waals surface area contributed by atoms with Gasteiger partial charge in [0.25, 0.3) is 6.47 Å².